The molecule has 0 amide bonds. The van der Waals surface area contributed by atoms with Crippen molar-refractivity contribution in [2.24, 2.45) is 0 Å². The third kappa shape index (κ3) is 4.39. The molecule has 11 heteroatoms. The number of fused-ring (bicyclic) bond motifs is 1. The van der Waals surface area contributed by atoms with Gasteiger partial charge in [0.1, 0.15) is 12.4 Å². The molecule has 2 heterocycles. The molecule has 3 aromatic rings. The molecule has 0 saturated heterocycles. The van der Waals surface area contributed by atoms with E-state index in [1.165, 1.54) is 29.7 Å². The van der Waals surface area contributed by atoms with E-state index in [1.807, 2.05) is 0 Å². The SMILES string of the molecule is O[C@H](COc1ccc(-n2nnc3cnc(NC4CCCC4)nc32)cc1)C(F)(F)F. The van der Waals surface area contributed by atoms with Crippen LogP contribution in [-0.2, 0) is 0 Å². The van der Waals surface area contributed by atoms with Crippen molar-refractivity contribution in [3.05, 3.63) is 30.5 Å². The van der Waals surface area contributed by atoms with Gasteiger partial charge >= 0.3 is 6.18 Å². The molecule has 4 rings (SSSR count). The van der Waals surface area contributed by atoms with Crippen LogP contribution < -0.4 is 10.1 Å². The average molecular weight is 408 g/mol. The number of benzene rings is 1. The molecule has 0 bridgehead atoms. The predicted octanol–water partition coefficient (Wildman–Crippen LogP) is 2.87. The summed E-state index contributed by atoms with van der Waals surface area (Å²) < 4.78 is 43.6. The first-order chi connectivity index (χ1) is 13.9. The van der Waals surface area contributed by atoms with Crippen molar-refractivity contribution < 1.29 is 23.0 Å². The normalized spacial score (nSPS) is 16.3. The zero-order chi connectivity index (χ0) is 20.4. The number of aliphatic hydroxyl groups is 1. The molecule has 1 aliphatic rings. The fraction of sp³-hybridized carbons (Fsp3) is 0.444. The van der Waals surface area contributed by atoms with Crippen LogP contribution in [-0.4, -0.2) is 55.0 Å². The maximum absolute atomic E-state index is 12.3. The van der Waals surface area contributed by atoms with E-state index in [0.29, 0.717) is 28.8 Å². The largest absolute Gasteiger partial charge is 0.491 e. The molecule has 1 saturated carbocycles. The van der Waals surface area contributed by atoms with E-state index in [0.717, 1.165) is 12.8 Å². The quantitative estimate of drug-likeness (QED) is 0.647. The van der Waals surface area contributed by atoms with Gasteiger partial charge in [0.05, 0.1) is 11.9 Å². The monoisotopic (exact) mass is 408 g/mol. The Labute approximate surface area is 163 Å². The highest BCUT2D eigenvalue weighted by atomic mass is 19.4. The summed E-state index contributed by atoms with van der Waals surface area (Å²) in [4.78, 5) is 8.79. The smallest absolute Gasteiger partial charge is 0.417 e. The van der Waals surface area contributed by atoms with Crippen molar-refractivity contribution in [2.75, 3.05) is 11.9 Å². The summed E-state index contributed by atoms with van der Waals surface area (Å²) in [5.41, 5.74) is 1.65. The molecule has 29 heavy (non-hydrogen) atoms. The number of alkyl halides is 3. The topological polar surface area (TPSA) is 98.0 Å². The second kappa shape index (κ2) is 7.82. The van der Waals surface area contributed by atoms with Gasteiger partial charge in [0.15, 0.2) is 17.3 Å². The van der Waals surface area contributed by atoms with Crippen LogP contribution in [0.3, 0.4) is 0 Å². The Morgan fingerprint density at radius 1 is 1.21 bits per heavy atom. The van der Waals surface area contributed by atoms with E-state index < -0.39 is 18.9 Å². The zero-order valence-electron chi connectivity index (χ0n) is 15.3. The molecule has 0 radical (unpaired) electrons. The van der Waals surface area contributed by atoms with E-state index in [9.17, 15) is 13.2 Å². The number of ether oxygens (including phenoxy) is 1. The van der Waals surface area contributed by atoms with Crippen LogP contribution in [0.15, 0.2) is 30.5 Å². The van der Waals surface area contributed by atoms with Crippen LogP contribution in [0.25, 0.3) is 16.9 Å². The van der Waals surface area contributed by atoms with Gasteiger partial charge in [-0.1, -0.05) is 18.1 Å². The molecule has 0 aliphatic heterocycles. The standard InChI is InChI=1S/C18H19F3N6O2/c19-18(20,21)15(28)10-29-13-7-5-12(6-8-13)27-16-14(25-26-27)9-22-17(24-16)23-11-3-1-2-4-11/h5-9,11,15,28H,1-4,10H2,(H,22,23,24)/t15-/m1/s1. The first-order valence-electron chi connectivity index (χ1n) is 9.23. The molecule has 1 fully saturated rings. The number of nitrogens with zero attached hydrogens (tertiary/aromatic N) is 5. The maximum atomic E-state index is 12.3. The van der Waals surface area contributed by atoms with Crippen LogP contribution in [0.4, 0.5) is 19.1 Å². The van der Waals surface area contributed by atoms with E-state index >= 15 is 0 Å². The van der Waals surface area contributed by atoms with Gasteiger partial charge in [0.25, 0.3) is 0 Å². The Bertz CT molecular complexity index is 970. The summed E-state index contributed by atoms with van der Waals surface area (Å²) in [6.07, 6.45) is -1.11. The fourth-order valence-corrected chi connectivity index (χ4v) is 3.18. The van der Waals surface area contributed by atoms with Crippen LogP contribution in [0.2, 0.25) is 0 Å². The molecule has 2 aromatic heterocycles. The van der Waals surface area contributed by atoms with Gasteiger partial charge in [0.2, 0.25) is 5.95 Å². The van der Waals surface area contributed by atoms with Gasteiger partial charge in [-0.25, -0.2) is 4.98 Å². The Morgan fingerprint density at radius 2 is 1.93 bits per heavy atom. The van der Waals surface area contributed by atoms with Gasteiger partial charge < -0.3 is 15.2 Å². The van der Waals surface area contributed by atoms with Crippen molar-refractivity contribution in [3.8, 4) is 11.4 Å². The van der Waals surface area contributed by atoms with Crippen molar-refractivity contribution >= 4 is 17.1 Å². The second-order valence-corrected chi connectivity index (χ2v) is 6.89. The lowest BCUT2D eigenvalue weighted by molar-refractivity contribution is -0.210. The molecule has 8 nitrogen and oxygen atoms in total. The van der Waals surface area contributed by atoms with Crippen LogP contribution >= 0.6 is 0 Å². The molecule has 0 spiro atoms. The van der Waals surface area contributed by atoms with E-state index in [-0.39, 0.29) is 5.75 Å². The molecule has 0 unspecified atom stereocenters. The zero-order valence-corrected chi connectivity index (χ0v) is 15.3. The lowest BCUT2D eigenvalue weighted by Gasteiger charge is -2.15. The predicted molar refractivity (Wildman–Crippen MR) is 97.9 cm³/mol. The summed E-state index contributed by atoms with van der Waals surface area (Å²) in [6.45, 7) is -0.876. The Hall–Kier alpha value is -2.95. The maximum Gasteiger partial charge on any atom is 0.417 e. The summed E-state index contributed by atoms with van der Waals surface area (Å²) in [6, 6.07) is 6.58. The number of anilines is 1. The van der Waals surface area contributed by atoms with Gasteiger partial charge in [0, 0.05) is 6.04 Å². The lowest BCUT2D eigenvalue weighted by atomic mass is 10.2. The van der Waals surface area contributed by atoms with Crippen molar-refractivity contribution in [2.45, 2.75) is 44.0 Å². The van der Waals surface area contributed by atoms with Gasteiger partial charge in [-0.2, -0.15) is 22.8 Å². The minimum absolute atomic E-state index is 0.194. The molecule has 1 atom stereocenters. The van der Waals surface area contributed by atoms with Gasteiger partial charge in [-0.05, 0) is 37.1 Å². The lowest BCUT2D eigenvalue weighted by Crippen LogP contribution is -2.34. The van der Waals surface area contributed by atoms with E-state index in [4.69, 9.17) is 9.84 Å². The highest BCUT2D eigenvalue weighted by molar-refractivity contribution is 5.72. The average Bonchev–Trinajstić information content (AvgIpc) is 3.35. The van der Waals surface area contributed by atoms with Crippen molar-refractivity contribution in [1.29, 1.82) is 0 Å². The number of nitrogens with one attached hydrogen (secondary N) is 1. The highest BCUT2D eigenvalue weighted by Crippen LogP contribution is 2.24. The molecule has 2 N–H and O–H groups in total. The number of rotatable bonds is 6. The number of halogens is 3. The molecule has 1 aromatic carbocycles. The number of aliphatic hydroxyl groups excluding tert-OH is 1. The fourth-order valence-electron chi connectivity index (χ4n) is 3.18. The first-order valence-corrected chi connectivity index (χ1v) is 9.23. The second-order valence-electron chi connectivity index (χ2n) is 6.89. The van der Waals surface area contributed by atoms with Crippen molar-refractivity contribution in [1.82, 2.24) is 25.0 Å². The van der Waals surface area contributed by atoms with Crippen LogP contribution in [0, 0.1) is 0 Å². The molecular weight excluding hydrogens is 389 g/mol. The molecule has 154 valence electrons. The van der Waals surface area contributed by atoms with E-state index in [2.05, 4.69) is 25.6 Å². The van der Waals surface area contributed by atoms with Gasteiger partial charge in [-0.15, -0.1) is 5.10 Å². The summed E-state index contributed by atoms with van der Waals surface area (Å²) in [7, 11) is 0. The summed E-state index contributed by atoms with van der Waals surface area (Å²) >= 11 is 0. The third-order valence-electron chi connectivity index (χ3n) is 4.75. The summed E-state index contributed by atoms with van der Waals surface area (Å²) in [5.74, 6) is 0.703. The minimum atomic E-state index is -4.72. The van der Waals surface area contributed by atoms with E-state index in [1.54, 1.807) is 18.3 Å². The van der Waals surface area contributed by atoms with Crippen LogP contribution in [0.1, 0.15) is 25.7 Å². The Kier molecular flexibility index (Phi) is 5.22. The Morgan fingerprint density at radius 3 is 2.62 bits per heavy atom. The third-order valence-corrected chi connectivity index (χ3v) is 4.75. The number of aromatic nitrogens is 5. The highest BCUT2D eigenvalue weighted by Gasteiger charge is 2.38. The van der Waals surface area contributed by atoms with Crippen molar-refractivity contribution in [3.63, 3.8) is 0 Å². The summed E-state index contributed by atoms with van der Waals surface area (Å²) in [5, 5.41) is 20.5. The number of hydrogen-bond donors (Lipinski definition) is 2. The minimum Gasteiger partial charge on any atom is -0.491 e. The first kappa shape index (κ1) is 19.4. The molecule has 1 aliphatic carbocycles. The Balaban J connectivity index is 1.50. The molecular formula is C18H19F3N6O2. The number of hydrogen-bond acceptors (Lipinski definition) is 7. The van der Waals surface area contributed by atoms with Gasteiger partial charge in [-0.3, -0.25) is 0 Å². The van der Waals surface area contributed by atoms with Crippen LogP contribution in [0.5, 0.6) is 5.75 Å².